The lowest BCUT2D eigenvalue weighted by atomic mass is 10.0. The molecule has 6 nitrogen and oxygen atoms in total. The molecule has 0 aromatic carbocycles. The first kappa shape index (κ1) is 16.1. The Hall–Kier alpha value is -2.34. The minimum absolute atomic E-state index is 0.576. The van der Waals surface area contributed by atoms with Crippen LogP contribution in [0.1, 0.15) is 31.2 Å². The molecule has 0 spiro atoms. The third-order valence-electron chi connectivity index (χ3n) is 5.08. The summed E-state index contributed by atoms with van der Waals surface area (Å²) in [6.45, 7) is 2.12. The molecule has 1 aliphatic heterocycles. The molecule has 4 rings (SSSR count). The van der Waals surface area contributed by atoms with Crippen LogP contribution in [0.15, 0.2) is 29.5 Å². The smallest absolute Gasteiger partial charge is 0.140 e. The van der Waals surface area contributed by atoms with Crippen molar-refractivity contribution in [1.82, 2.24) is 15.3 Å². The number of hydrogen-bond acceptors (Lipinski definition) is 5. The fourth-order valence-electron chi connectivity index (χ4n) is 3.69. The second-order valence-electron chi connectivity index (χ2n) is 7.01. The van der Waals surface area contributed by atoms with Gasteiger partial charge in [0.2, 0.25) is 0 Å². The maximum absolute atomic E-state index is 6.28. The van der Waals surface area contributed by atoms with Crippen molar-refractivity contribution < 1.29 is 0 Å². The Morgan fingerprint density at radius 3 is 3.08 bits per heavy atom. The largest absolute Gasteiger partial charge is 0.398 e. The zero-order valence-corrected chi connectivity index (χ0v) is 14.7. The van der Waals surface area contributed by atoms with Crippen molar-refractivity contribution in [3.63, 3.8) is 0 Å². The van der Waals surface area contributed by atoms with Crippen molar-refractivity contribution in [2.75, 3.05) is 25.0 Å². The number of fused-ring (bicyclic) bond motifs is 1. The monoisotopic (exact) mass is 338 g/mol. The van der Waals surface area contributed by atoms with Crippen LogP contribution >= 0.6 is 0 Å². The number of nitrogens with two attached hydrogens (primary N) is 1. The highest BCUT2D eigenvalue weighted by molar-refractivity contribution is 6.01. The Kier molecular flexibility index (Phi) is 4.44. The van der Waals surface area contributed by atoms with E-state index in [0.717, 1.165) is 35.7 Å². The zero-order valence-electron chi connectivity index (χ0n) is 14.7. The first-order valence-electron chi connectivity index (χ1n) is 9.11. The molecule has 2 aromatic rings. The molecule has 2 fully saturated rings. The Bertz CT molecular complexity index is 801. The minimum Gasteiger partial charge on any atom is -0.398 e. The van der Waals surface area contributed by atoms with Crippen LogP contribution in [0, 0.1) is 0 Å². The highest BCUT2D eigenvalue weighted by Crippen LogP contribution is 2.33. The van der Waals surface area contributed by atoms with Gasteiger partial charge in [-0.15, -0.1) is 0 Å². The van der Waals surface area contributed by atoms with Crippen molar-refractivity contribution in [1.29, 1.82) is 0 Å². The van der Waals surface area contributed by atoms with Crippen molar-refractivity contribution in [2.45, 2.75) is 37.8 Å². The molecule has 0 bridgehead atoms. The number of aliphatic imine (C=N–C) groups is 1. The number of aromatic amines is 1. The predicted octanol–water partition coefficient (Wildman–Crippen LogP) is 2.28. The Balaban J connectivity index is 1.67. The second kappa shape index (κ2) is 6.88. The average Bonchev–Trinajstić information content (AvgIpc) is 3.34. The van der Waals surface area contributed by atoms with Crippen LogP contribution in [-0.2, 0) is 0 Å². The van der Waals surface area contributed by atoms with E-state index in [4.69, 9.17) is 5.73 Å². The highest BCUT2D eigenvalue weighted by atomic mass is 15.2. The number of piperidine rings is 1. The van der Waals surface area contributed by atoms with E-state index < -0.39 is 0 Å². The first-order chi connectivity index (χ1) is 12.3. The molecule has 2 aromatic heterocycles. The highest BCUT2D eigenvalue weighted by Gasteiger charge is 2.28. The van der Waals surface area contributed by atoms with Crippen molar-refractivity contribution >= 4 is 28.6 Å². The van der Waals surface area contributed by atoms with Crippen LogP contribution < -0.4 is 16.0 Å². The molecule has 0 radical (unpaired) electrons. The van der Waals surface area contributed by atoms with Gasteiger partial charge in [-0.1, -0.05) is 0 Å². The molecule has 0 amide bonds. The van der Waals surface area contributed by atoms with Crippen LogP contribution in [0.25, 0.3) is 16.7 Å². The van der Waals surface area contributed by atoms with Crippen LogP contribution in [0.3, 0.4) is 0 Å². The summed E-state index contributed by atoms with van der Waals surface area (Å²) in [6.07, 6.45) is 12.5. The van der Waals surface area contributed by atoms with E-state index in [9.17, 15) is 0 Å². The summed E-state index contributed by atoms with van der Waals surface area (Å²) in [6, 6.07) is 3.43. The van der Waals surface area contributed by atoms with Gasteiger partial charge >= 0.3 is 0 Å². The molecule has 0 unspecified atom stereocenters. The number of allylic oxidation sites excluding steroid dienone is 1. The van der Waals surface area contributed by atoms with E-state index in [2.05, 4.69) is 31.2 Å². The lowest BCUT2D eigenvalue weighted by molar-refractivity contribution is 0.421. The fraction of sp³-hybridized carbons (Fsp3) is 0.474. The SMILES string of the molecule is C/N=C\C=C(/N)c1c[nH]c2nccc(N3CCC[C@H](NC4CC4)C3)c12. The third kappa shape index (κ3) is 3.39. The molecular formula is C19H26N6. The first-order valence-corrected chi connectivity index (χ1v) is 9.11. The van der Waals surface area contributed by atoms with Crippen molar-refractivity contribution in [3.8, 4) is 0 Å². The average molecular weight is 338 g/mol. The molecule has 1 saturated carbocycles. The van der Waals surface area contributed by atoms with Crippen LogP contribution in [0.2, 0.25) is 0 Å². The number of rotatable bonds is 5. The van der Waals surface area contributed by atoms with Crippen LogP contribution in [0.4, 0.5) is 5.69 Å². The Labute approximate surface area is 148 Å². The normalized spacial score (nSPS) is 22.2. The number of anilines is 1. The van der Waals surface area contributed by atoms with E-state index in [1.54, 1.807) is 13.3 Å². The van der Waals surface area contributed by atoms with Gasteiger partial charge in [-0.05, 0) is 37.8 Å². The van der Waals surface area contributed by atoms with Crippen LogP contribution in [0.5, 0.6) is 0 Å². The number of hydrogen-bond donors (Lipinski definition) is 3. The van der Waals surface area contributed by atoms with Crippen LogP contribution in [-0.4, -0.2) is 48.4 Å². The summed E-state index contributed by atoms with van der Waals surface area (Å²) in [5.74, 6) is 0. The maximum Gasteiger partial charge on any atom is 0.140 e. The van der Waals surface area contributed by atoms with E-state index in [-0.39, 0.29) is 0 Å². The molecule has 4 N–H and O–H groups in total. The van der Waals surface area contributed by atoms with Gasteiger partial charge in [0.1, 0.15) is 5.65 Å². The fourth-order valence-corrected chi connectivity index (χ4v) is 3.69. The Morgan fingerprint density at radius 1 is 1.40 bits per heavy atom. The standard InChI is InChI=1S/C19H26N6/c1-21-8-6-16(20)15-11-23-19-18(15)17(7-9-22-19)25-10-2-3-14(12-25)24-13-4-5-13/h6-9,11,13-14,24H,2-5,10,12,20H2,1H3,(H,22,23)/b16-6-,21-8-/t14-/m0/s1. The molecule has 3 heterocycles. The maximum atomic E-state index is 6.28. The summed E-state index contributed by atoms with van der Waals surface area (Å²) in [5.41, 5.74) is 10.1. The van der Waals surface area contributed by atoms with E-state index in [1.807, 2.05) is 18.5 Å². The van der Waals surface area contributed by atoms with E-state index >= 15 is 0 Å². The molecule has 6 heteroatoms. The van der Waals surface area contributed by atoms with E-state index in [1.165, 1.54) is 31.4 Å². The number of aromatic nitrogens is 2. The lowest BCUT2D eigenvalue weighted by Gasteiger charge is -2.35. The molecule has 2 aliphatic rings. The summed E-state index contributed by atoms with van der Waals surface area (Å²) in [7, 11) is 1.74. The number of nitrogens with one attached hydrogen (secondary N) is 2. The summed E-state index contributed by atoms with van der Waals surface area (Å²) >= 11 is 0. The van der Waals surface area contributed by atoms with Gasteiger partial charge in [0, 0.05) is 62.1 Å². The van der Waals surface area contributed by atoms with Gasteiger partial charge in [0.05, 0.1) is 11.1 Å². The molecule has 132 valence electrons. The zero-order chi connectivity index (χ0) is 17.2. The summed E-state index contributed by atoms with van der Waals surface area (Å²) in [5, 5.41) is 4.89. The van der Waals surface area contributed by atoms with Gasteiger partial charge in [-0.2, -0.15) is 0 Å². The second-order valence-corrected chi connectivity index (χ2v) is 7.01. The van der Waals surface area contributed by atoms with Gasteiger partial charge in [-0.25, -0.2) is 4.98 Å². The van der Waals surface area contributed by atoms with Gasteiger partial charge in [-0.3, -0.25) is 4.99 Å². The van der Waals surface area contributed by atoms with Gasteiger partial charge < -0.3 is 20.9 Å². The van der Waals surface area contributed by atoms with Gasteiger partial charge in [0.25, 0.3) is 0 Å². The molecule has 1 atom stereocenters. The molecular weight excluding hydrogens is 312 g/mol. The van der Waals surface area contributed by atoms with E-state index in [0.29, 0.717) is 11.7 Å². The number of H-pyrrole nitrogens is 1. The molecule has 1 aliphatic carbocycles. The topological polar surface area (TPSA) is 82.3 Å². The summed E-state index contributed by atoms with van der Waals surface area (Å²) < 4.78 is 0. The number of nitrogens with zero attached hydrogens (tertiary/aromatic N) is 3. The number of pyridine rings is 1. The van der Waals surface area contributed by atoms with Gasteiger partial charge in [0.15, 0.2) is 0 Å². The lowest BCUT2D eigenvalue weighted by Crippen LogP contribution is -2.46. The molecule has 1 saturated heterocycles. The quantitative estimate of drug-likeness (QED) is 0.731. The Morgan fingerprint density at radius 2 is 2.28 bits per heavy atom. The predicted molar refractivity (Wildman–Crippen MR) is 104 cm³/mol. The molecule has 25 heavy (non-hydrogen) atoms. The van der Waals surface area contributed by atoms with Crippen molar-refractivity contribution in [2.24, 2.45) is 10.7 Å². The third-order valence-corrected chi connectivity index (χ3v) is 5.08. The van der Waals surface area contributed by atoms with Crippen molar-refractivity contribution in [3.05, 3.63) is 30.1 Å². The summed E-state index contributed by atoms with van der Waals surface area (Å²) in [4.78, 5) is 14.2. The minimum atomic E-state index is 0.576.